The van der Waals surface area contributed by atoms with E-state index in [2.05, 4.69) is 5.32 Å². The quantitative estimate of drug-likeness (QED) is 0.585. The van der Waals surface area contributed by atoms with E-state index in [4.69, 9.17) is 22.1 Å². The molecule has 0 saturated heterocycles. The van der Waals surface area contributed by atoms with Crippen molar-refractivity contribution in [2.45, 2.75) is 0 Å². The summed E-state index contributed by atoms with van der Waals surface area (Å²) in [5.41, 5.74) is 6.41. The third kappa shape index (κ3) is 4.29. The van der Waals surface area contributed by atoms with Gasteiger partial charge in [-0.3, -0.25) is 4.79 Å². The van der Waals surface area contributed by atoms with E-state index < -0.39 is 0 Å². The number of phenolic OH excluding ortho intramolecular Hbond substituents is 1. The van der Waals surface area contributed by atoms with Crippen molar-refractivity contribution in [1.29, 1.82) is 0 Å². The number of aromatic hydroxyl groups is 1. The van der Waals surface area contributed by atoms with E-state index in [9.17, 15) is 9.90 Å². The molecule has 2 aromatic carbocycles. The number of carbonyl (C=O) groups excluding carboxylic acids is 1. The number of benzene rings is 2. The Balaban J connectivity index is 1.82. The fraction of sp³-hybridized carbons (Fsp3) is 0.133. The molecule has 0 saturated carbocycles. The molecule has 4 N–H and O–H groups in total. The highest BCUT2D eigenvalue weighted by Gasteiger charge is 2.10. The van der Waals surface area contributed by atoms with Gasteiger partial charge in [0.1, 0.15) is 18.1 Å². The molecular formula is C15H15ClN2O3. The van der Waals surface area contributed by atoms with E-state index in [1.165, 1.54) is 12.1 Å². The fourth-order valence-corrected chi connectivity index (χ4v) is 1.90. The summed E-state index contributed by atoms with van der Waals surface area (Å²) in [7, 11) is 0. The second kappa shape index (κ2) is 6.85. The molecular weight excluding hydrogens is 292 g/mol. The lowest BCUT2D eigenvalue weighted by Gasteiger charge is -2.09. The number of phenols is 1. The number of amides is 1. The van der Waals surface area contributed by atoms with Gasteiger partial charge in [0.25, 0.3) is 5.91 Å². The maximum absolute atomic E-state index is 11.9. The van der Waals surface area contributed by atoms with E-state index in [1.54, 1.807) is 30.3 Å². The van der Waals surface area contributed by atoms with Crippen LogP contribution in [0.4, 0.5) is 5.69 Å². The molecule has 21 heavy (non-hydrogen) atoms. The van der Waals surface area contributed by atoms with Crippen LogP contribution in [0.15, 0.2) is 42.5 Å². The van der Waals surface area contributed by atoms with E-state index in [0.29, 0.717) is 29.6 Å². The Labute approximate surface area is 127 Å². The number of rotatable bonds is 5. The molecule has 0 spiro atoms. The Morgan fingerprint density at radius 1 is 1.29 bits per heavy atom. The van der Waals surface area contributed by atoms with Gasteiger partial charge in [-0.15, -0.1) is 0 Å². The lowest BCUT2D eigenvalue weighted by molar-refractivity contribution is 0.0944. The molecule has 0 aliphatic rings. The van der Waals surface area contributed by atoms with Gasteiger partial charge < -0.3 is 20.9 Å². The third-order valence-corrected chi connectivity index (χ3v) is 2.95. The molecule has 0 aliphatic carbocycles. The zero-order valence-corrected chi connectivity index (χ0v) is 11.9. The number of nitrogen functional groups attached to an aromatic ring is 1. The average Bonchev–Trinajstić information content (AvgIpc) is 2.43. The van der Waals surface area contributed by atoms with E-state index in [1.807, 2.05) is 0 Å². The van der Waals surface area contributed by atoms with Crippen LogP contribution in [0.1, 0.15) is 10.4 Å². The first-order chi connectivity index (χ1) is 10.1. The summed E-state index contributed by atoms with van der Waals surface area (Å²) in [6.45, 7) is 0.596. The Morgan fingerprint density at radius 3 is 2.81 bits per heavy atom. The van der Waals surface area contributed by atoms with Gasteiger partial charge >= 0.3 is 0 Å². The van der Waals surface area contributed by atoms with Crippen molar-refractivity contribution < 1.29 is 14.6 Å². The van der Waals surface area contributed by atoms with Gasteiger partial charge in [0.2, 0.25) is 0 Å². The number of anilines is 1. The summed E-state index contributed by atoms with van der Waals surface area (Å²) in [6.07, 6.45) is 0. The zero-order valence-electron chi connectivity index (χ0n) is 11.2. The summed E-state index contributed by atoms with van der Waals surface area (Å²) < 4.78 is 5.44. The van der Waals surface area contributed by atoms with Crippen molar-refractivity contribution in [2.75, 3.05) is 18.9 Å². The van der Waals surface area contributed by atoms with Crippen LogP contribution in [0.5, 0.6) is 11.5 Å². The lowest BCUT2D eigenvalue weighted by Crippen LogP contribution is -2.28. The zero-order chi connectivity index (χ0) is 15.2. The minimum Gasteiger partial charge on any atom is -0.507 e. The van der Waals surface area contributed by atoms with Gasteiger partial charge in [-0.1, -0.05) is 17.7 Å². The smallest absolute Gasteiger partial charge is 0.255 e. The SMILES string of the molecule is Nc1cccc(OCCNC(=O)c2ccc(Cl)cc2O)c1. The Bertz CT molecular complexity index is 647. The normalized spacial score (nSPS) is 10.1. The van der Waals surface area contributed by atoms with Crippen molar-refractivity contribution in [1.82, 2.24) is 5.32 Å². The summed E-state index contributed by atoms with van der Waals surface area (Å²) in [6, 6.07) is 11.4. The molecule has 0 bridgehead atoms. The molecule has 110 valence electrons. The van der Waals surface area contributed by atoms with Gasteiger partial charge in [0.05, 0.1) is 12.1 Å². The molecule has 0 aromatic heterocycles. The van der Waals surface area contributed by atoms with Crippen LogP contribution in [0.2, 0.25) is 5.02 Å². The van der Waals surface area contributed by atoms with Crippen molar-refractivity contribution in [3.8, 4) is 11.5 Å². The molecule has 5 nitrogen and oxygen atoms in total. The second-order valence-corrected chi connectivity index (χ2v) is 4.77. The first-order valence-corrected chi connectivity index (χ1v) is 6.69. The minimum absolute atomic E-state index is 0.156. The van der Waals surface area contributed by atoms with Crippen molar-refractivity contribution >= 4 is 23.2 Å². The van der Waals surface area contributed by atoms with Gasteiger partial charge in [0, 0.05) is 16.8 Å². The maximum atomic E-state index is 11.9. The number of ether oxygens (including phenoxy) is 1. The topological polar surface area (TPSA) is 84.6 Å². The van der Waals surface area contributed by atoms with Gasteiger partial charge in [-0.25, -0.2) is 0 Å². The lowest BCUT2D eigenvalue weighted by atomic mass is 10.2. The molecule has 0 heterocycles. The number of carbonyl (C=O) groups is 1. The largest absolute Gasteiger partial charge is 0.507 e. The Hall–Kier alpha value is -2.40. The molecule has 0 fully saturated rings. The summed E-state index contributed by atoms with van der Waals surface area (Å²) in [4.78, 5) is 11.9. The molecule has 0 atom stereocenters. The molecule has 1 amide bonds. The molecule has 0 radical (unpaired) electrons. The van der Waals surface area contributed by atoms with Crippen molar-refractivity contribution in [3.05, 3.63) is 53.1 Å². The van der Waals surface area contributed by atoms with Crippen LogP contribution < -0.4 is 15.8 Å². The van der Waals surface area contributed by atoms with Gasteiger partial charge in [0.15, 0.2) is 0 Å². The van der Waals surface area contributed by atoms with E-state index in [-0.39, 0.29) is 17.2 Å². The van der Waals surface area contributed by atoms with Crippen molar-refractivity contribution in [2.24, 2.45) is 0 Å². The van der Waals surface area contributed by atoms with Crippen molar-refractivity contribution in [3.63, 3.8) is 0 Å². The predicted octanol–water partition coefficient (Wildman–Crippen LogP) is 2.44. The van der Waals surface area contributed by atoms with E-state index >= 15 is 0 Å². The van der Waals surface area contributed by atoms with E-state index in [0.717, 1.165) is 0 Å². The standard InChI is InChI=1S/C15H15ClN2O3/c16-10-4-5-13(14(19)8-10)15(20)18-6-7-21-12-3-1-2-11(17)9-12/h1-5,8-9,19H,6-7,17H2,(H,18,20). The summed E-state index contributed by atoms with van der Waals surface area (Å²) in [5.74, 6) is 0.0932. The highest BCUT2D eigenvalue weighted by molar-refractivity contribution is 6.30. The Kier molecular flexibility index (Phi) is 4.90. The Morgan fingerprint density at radius 2 is 2.10 bits per heavy atom. The highest BCUT2D eigenvalue weighted by Crippen LogP contribution is 2.21. The fourth-order valence-electron chi connectivity index (χ4n) is 1.73. The number of hydrogen-bond donors (Lipinski definition) is 3. The van der Waals surface area contributed by atoms with Gasteiger partial charge in [-0.2, -0.15) is 0 Å². The molecule has 0 aliphatic heterocycles. The maximum Gasteiger partial charge on any atom is 0.255 e. The number of nitrogens with two attached hydrogens (primary N) is 1. The average molecular weight is 307 g/mol. The van der Waals surface area contributed by atoms with Gasteiger partial charge in [-0.05, 0) is 30.3 Å². The van der Waals surface area contributed by atoms with Crippen LogP contribution in [-0.4, -0.2) is 24.2 Å². The number of hydrogen-bond acceptors (Lipinski definition) is 4. The van der Waals surface area contributed by atoms with Crippen LogP contribution in [0.25, 0.3) is 0 Å². The highest BCUT2D eigenvalue weighted by atomic mass is 35.5. The third-order valence-electron chi connectivity index (χ3n) is 2.72. The molecule has 6 heteroatoms. The first kappa shape index (κ1) is 15.0. The monoisotopic (exact) mass is 306 g/mol. The first-order valence-electron chi connectivity index (χ1n) is 6.31. The molecule has 2 rings (SSSR count). The van der Waals surface area contributed by atoms with Crippen LogP contribution >= 0.6 is 11.6 Å². The van der Waals surface area contributed by atoms with Crippen LogP contribution in [0.3, 0.4) is 0 Å². The molecule has 0 unspecified atom stereocenters. The number of halogens is 1. The van der Waals surface area contributed by atoms with Crippen LogP contribution in [0, 0.1) is 0 Å². The second-order valence-electron chi connectivity index (χ2n) is 4.34. The summed E-state index contributed by atoms with van der Waals surface area (Å²) >= 11 is 5.71. The minimum atomic E-state index is -0.389. The summed E-state index contributed by atoms with van der Waals surface area (Å²) in [5, 5.41) is 12.7. The van der Waals surface area contributed by atoms with Crippen LogP contribution in [-0.2, 0) is 0 Å². The predicted molar refractivity (Wildman–Crippen MR) is 81.8 cm³/mol. The number of nitrogens with one attached hydrogen (secondary N) is 1. The molecule has 2 aromatic rings.